The second-order valence-corrected chi connectivity index (χ2v) is 14.6. The van der Waals surface area contributed by atoms with Gasteiger partial charge in [0.2, 0.25) is 0 Å². The van der Waals surface area contributed by atoms with Crippen LogP contribution in [0.3, 0.4) is 0 Å². The first kappa shape index (κ1) is 53.0. The Morgan fingerprint density at radius 3 is 1.39 bits per heavy atom. The van der Waals surface area contributed by atoms with E-state index in [1.807, 2.05) is 0 Å². The van der Waals surface area contributed by atoms with Crippen molar-refractivity contribution in [3.05, 3.63) is 0 Å². The van der Waals surface area contributed by atoms with Gasteiger partial charge in [-0.1, -0.05) is 124 Å². The minimum Gasteiger partial charge on any atom is -0.467 e. The van der Waals surface area contributed by atoms with Crippen LogP contribution in [0.15, 0.2) is 0 Å². The molecule has 0 aliphatic heterocycles. The van der Waals surface area contributed by atoms with Crippen LogP contribution in [0.4, 0.5) is 19.2 Å². The third-order valence-electron chi connectivity index (χ3n) is 9.83. The minimum absolute atomic E-state index is 0. The molecule has 16 heteroatoms. The molecule has 0 saturated heterocycles. The van der Waals surface area contributed by atoms with Crippen LogP contribution in [0.2, 0.25) is 0 Å². The van der Waals surface area contributed by atoms with Gasteiger partial charge in [0, 0.05) is 25.2 Å². The van der Waals surface area contributed by atoms with Crippen LogP contribution in [0.25, 0.3) is 0 Å². The number of nitrogens with one attached hydrogen (secondary N) is 6. The molecule has 2 aliphatic rings. The molecule has 2 atom stereocenters. The van der Waals surface area contributed by atoms with Crippen LogP contribution in [0.1, 0.15) is 163 Å². The Morgan fingerprint density at radius 1 is 0.509 bits per heavy atom. The molecule has 0 bridgehead atoms. The maximum absolute atomic E-state index is 12.1. The average Bonchev–Trinajstić information content (AvgIpc) is 3.20. The van der Waals surface area contributed by atoms with Gasteiger partial charge in [-0.2, -0.15) is 0 Å². The molecule has 0 aromatic heterocycles. The molecular weight excluding hydrogens is 736 g/mol. The van der Waals surface area contributed by atoms with Gasteiger partial charge in [-0.25, -0.2) is 28.8 Å². The van der Waals surface area contributed by atoms with Gasteiger partial charge in [-0.15, -0.1) is 0 Å². The van der Waals surface area contributed by atoms with E-state index in [2.05, 4.69) is 55.2 Å². The van der Waals surface area contributed by atoms with Crippen LogP contribution in [-0.4, -0.2) is 101 Å². The molecule has 2 aliphatic carbocycles. The fourth-order valence-corrected chi connectivity index (χ4v) is 6.49. The molecule has 2 rings (SSSR count). The summed E-state index contributed by atoms with van der Waals surface area (Å²) in [5.41, 5.74) is 0. The summed E-state index contributed by atoms with van der Waals surface area (Å²) >= 11 is 0. The van der Waals surface area contributed by atoms with E-state index in [9.17, 15) is 28.8 Å². The van der Waals surface area contributed by atoms with Gasteiger partial charge in [-0.05, 0) is 38.5 Å². The van der Waals surface area contributed by atoms with Crippen LogP contribution in [-0.2, 0) is 28.5 Å². The first-order chi connectivity index (χ1) is 27.1. The highest BCUT2D eigenvalue weighted by Crippen LogP contribution is 2.18. The van der Waals surface area contributed by atoms with Crippen LogP contribution < -0.4 is 31.9 Å². The number of rotatable bonds is 24. The summed E-state index contributed by atoms with van der Waals surface area (Å²) in [6.07, 6.45) is 22.9. The van der Waals surface area contributed by atoms with Crippen molar-refractivity contribution >= 4 is 36.2 Å². The maximum atomic E-state index is 12.1. The standard InChI is InChI=1S/2C20H37N3O5.CH4/c1-3-4-5-6-7-11-14-21-20(26)28-15-17(18(24)27-2)23-19(25)22-16-12-9-8-10-13-16;1-3-4-5-6-7-11-14-21-19(25)23-17(18(24)27-2)15-28-20(26)22-16-12-9-8-10-13-16;/h16-17H,3-15H2,1-2H3,(H,21,26)(H2,22,23,25);16-17H,3-15H2,1-2H3,(H,22,26)(H2,21,23,25);1H4. The SMILES string of the molecule is C.CCCCCCCCNC(=O)NC(COC(=O)NC1CCCCC1)C(=O)OC.CCCCCCCCNC(=O)OCC(NC(=O)NC1CCCCC1)C(=O)OC. The highest BCUT2D eigenvalue weighted by atomic mass is 16.6. The van der Waals surface area contributed by atoms with E-state index in [1.54, 1.807) is 0 Å². The van der Waals surface area contributed by atoms with Crippen molar-refractivity contribution in [2.75, 3.05) is 40.5 Å². The van der Waals surface area contributed by atoms with Gasteiger partial charge in [0.25, 0.3) is 0 Å². The Kier molecular flexibility index (Phi) is 32.7. The molecular formula is C41H78N6O10. The summed E-state index contributed by atoms with van der Waals surface area (Å²) < 4.78 is 19.6. The lowest BCUT2D eigenvalue weighted by atomic mass is 9.96. The molecule has 2 saturated carbocycles. The van der Waals surface area contributed by atoms with Crippen molar-refractivity contribution < 1.29 is 47.7 Å². The molecule has 0 heterocycles. The normalized spacial score (nSPS) is 15.1. The van der Waals surface area contributed by atoms with E-state index in [0.29, 0.717) is 13.1 Å². The van der Waals surface area contributed by atoms with Crippen molar-refractivity contribution in [3.63, 3.8) is 0 Å². The summed E-state index contributed by atoms with van der Waals surface area (Å²) in [4.78, 5) is 71.5. The smallest absolute Gasteiger partial charge is 0.407 e. The monoisotopic (exact) mass is 815 g/mol. The summed E-state index contributed by atoms with van der Waals surface area (Å²) in [5.74, 6) is -1.30. The quantitative estimate of drug-likeness (QED) is 0.0330. The molecule has 0 aromatic rings. The van der Waals surface area contributed by atoms with Crippen molar-refractivity contribution in [1.82, 2.24) is 31.9 Å². The molecule has 6 amide bonds. The zero-order valence-electron chi connectivity index (χ0n) is 34.8. The fourth-order valence-electron chi connectivity index (χ4n) is 6.49. The number of ether oxygens (including phenoxy) is 4. The van der Waals surface area contributed by atoms with E-state index in [1.165, 1.54) is 65.6 Å². The van der Waals surface area contributed by atoms with Gasteiger partial charge in [0.05, 0.1) is 14.2 Å². The predicted octanol–water partition coefficient (Wildman–Crippen LogP) is 7.13. The number of hydrogen-bond donors (Lipinski definition) is 6. The Morgan fingerprint density at radius 2 is 0.912 bits per heavy atom. The Bertz CT molecular complexity index is 1100. The second kappa shape index (κ2) is 35.2. The highest BCUT2D eigenvalue weighted by Gasteiger charge is 2.26. The predicted molar refractivity (Wildman–Crippen MR) is 221 cm³/mol. The minimum atomic E-state index is -1.04. The van der Waals surface area contributed by atoms with Crippen LogP contribution >= 0.6 is 0 Å². The summed E-state index contributed by atoms with van der Waals surface area (Å²) in [6, 6.07) is -2.75. The maximum Gasteiger partial charge on any atom is 0.407 e. The number of hydrogen-bond acceptors (Lipinski definition) is 10. The van der Waals surface area contributed by atoms with Crippen LogP contribution in [0.5, 0.6) is 0 Å². The van der Waals surface area contributed by atoms with Crippen molar-refractivity contribution in [3.8, 4) is 0 Å². The lowest BCUT2D eigenvalue weighted by Gasteiger charge is -2.24. The van der Waals surface area contributed by atoms with Gasteiger partial charge >= 0.3 is 36.2 Å². The number of urea groups is 2. The Hall–Kier alpha value is -3.98. The van der Waals surface area contributed by atoms with Gasteiger partial charge in [-0.3, -0.25) is 0 Å². The second-order valence-electron chi connectivity index (χ2n) is 14.6. The molecule has 0 aromatic carbocycles. The van der Waals surface area contributed by atoms with Crippen molar-refractivity contribution in [2.45, 2.75) is 187 Å². The van der Waals surface area contributed by atoms with E-state index in [4.69, 9.17) is 9.47 Å². The number of amides is 6. The number of carbonyl (C=O) groups excluding carboxylic acids is 6. The van der Waals surface area contributed by atoms with Gasteiger partial charge in [0.1, 0.15) is 13.2 Å². The van der Waals surface area contributed by atoms with E-state index >= 15 is 0 Å². The molecule has 2 unspecified atom stereocenters. The molecule has 2 fully saturated rings. The molecule has 57 heavy (non-hydrogen) atoms. The number of esters is 2. The first-order valence-electron chi connectivity index (χ1n) is 21.2. The third kappa shape index (κ3) is 28.1. The molecule has 16 nitrogen and oxygen atoms in total. The van der Waals surface area contributed by atoms with Gasteiger partial charge in [0.15, 0.2) is 12.1 Å². The lowest BCUT2D eigenvalue weighted by Crippen LogP contribution is -2.51. The third-order valence-corrected chi connectivity index (χ3v) is 9.83. The number of methoxy groups -OCH3 is 2. The number of carbonyl (C=O) groups is 6. The molecule has 0 spiro atoms. The topological polar surface area (TPSA) is 212 Å². The number of unbranched alkanes of at least 4 members (excludes halogenated alkanes) is 10. The lowest BCUT2D eigenvalue weighted by molar-refractivity contribution is -0.144. The van der Waals surface area contributed by atoms with Gasteiger partial charge < -0.3 is 50.8 Å². The van der Waals surface area contributed by atoms with E-state index in [0.717, 1.165) is 89.9 Å². The number of alkyl carbamates (subject to hydrolysis) is 2. The summed E-state index contributed by atoms with van der Waals surface area (Å²) in [7, 11) is 2.46. The average molecular weight is 815 g/mol. The van der Waals surface area contributed by atoms with Crippen molar-refractivity contribution in [1.29, 1.82) is 0 Å². The highest BCUT2D eigenvalue weighted by molar-refractivity contribution is 5.84. The van der Waals surface area contributed by atoms with Crippen molar-refractivity contribution in [2.24, 2.45) is 0 Å². The zero-order chi connectivity index (χ0) is 41.2. The van der Waals surface area contributed by atoms with Crippen LogP contribution in [0, 0.1) is 0 Å². The Labute approximate surface area is 342 Å². The zero-order valence-corrected chi connectivity index (χ0v) is 34.8. The van der Waals surface area contributed by atoms with E-state index in [-0.39, 0.29) is 32.7 Å². The summed E-state index contributed by atoms with van der Waals surface area (Å²) in [5, 5.41) is 16.1. The van der Waals surface area contributed by atoms with E-state index < -0.39 is 48.3 Å². The fraction of sp³-hybridized carbons (Fsp3) is 0.854. The summed E-state index contributed by atoms with van der Waals surface area (Å²) in [6.45, 7) is 4.88. The molecule has 332 valence electrons. The Balaban J connectivity index is 0.00000108. The molecule has 6 N–H and O–H groups in total. The first-order valence-corrected chi connectivity index (χ1v) is 21.2. The largest absolute Gasteiger partial charge is 0.467 e. The molecule has 0 radical (unpaired) electrons.